The molecular formula is C12H19ClN2O3S. The normalized spacial score (nSPS) is 13.5. The predicted octanol–water partition coefficient (Wildman–Crippen LogP) is 1.60. The Morgan fingerprint density at radius 2 is 1.89 bits per heavy atom. The van der Waals surface area contributed by atoms with Crippen molar-refractivity contribution in [2.24, 2.45) is 0 Å². The Hall–Kier alpha value is -0.820. The highest BCUT2D eigenvalue weighted by atomic mass is 35.5. The second kappa shape index (κ2) is 7.09. The summed E-state index contributed by atoms with van der Waals surface area (Å²) in [6.07, 6.45) is 0. The first-order chi connectivity index (χ1) is 8.87. The van der Waals surface area contributed by atoms with Crippen LogP contribution in [0.3, 0.4) is 0 Å². The van der Waals surface area contributed by atoms with Gasteiger partial charge in [0.2, 0.25) is 10.0 Å². The molecule has 5 nitrogen and oxygen atoms in total. The third kappa shape index (κ3) is 4.65. The van der Waals surface area contributed by atoms with Crippen LogP contribution in [0, 0.1) is 0 Å². The van der Waals surface area contributed by atoms with Crippen molar-refractivity contribution in [2.75, 3.05) is 39.7 Å². The Balaban J connectivity index is 2.67. The second-order valence-electron chi connectivity index (χ2n) is 4.25. The van der Waals surface area contributed by atoms with Crippen LogP contribution in [-0.2, 0) is 14.8 Å². The van der Waals surface area contributed by atoms with Gasteiger partial charge in [0.15, 0.2) is 0 Å². The van der Waals surface area contributed by atoms with Crippen LogP contribution in [0.4, 0.5) is 5.69 Å². The largest absolute Gasteiger partial charge is 0.383 e. The molecule has 1 N–H and O–H groups in total. The van der Waals surface area contributed by atoms with Crippen LogP contribution in [0.1, 0.15) is 0 Å². The molecule has 1 rings (SSSR count). The highest BCUT2D eigenvalue weighted by Gasteiger charge is 2.16. The lowest BCUT2D eigenvalue weighted by Gasteiger charge is -2.13. The summed E-state index contributed by atoms with van der Waals surface area (Å²) >= 11 is 5.99. The molecule has 0 aliphatic heterocycles. The highest BCUT2D eigenvalue weighted by molar-refractivity contribution is 7.89. The average molecular weight is 307 g/mol. The van der Waals surface area contributed by atoms with Gasteiger partial charge >= 0.3 is 0 Å². The second-order valence-corrected chi connectivity index (χ2v) is 7.01. The zero-order chi connectivity index (χ0) is 14.5. The van der Waals surface area contributed by atoms with Crippen LogP contribution >= 0.6 is 11.6 Å². The minimum absolute atomic E-state index is 0.129. The quantitative estimate of drug-likeness (QED) is 0.778. The van der Waals surface area contributed by atoms with Crippen LogP contribution in [0.2, 0.25) is 0 Å². The SMILES string of the molecule is COCC(Cl)CNc1ccc(S(=O)(=O)N(C)C)cc1. The van der Waals surface area contributed by atoms with Crippen molar-refractivity contribution in [3.05, 3.63) is 24.3 Å². The fourth-order valence-electron chi connectivity index (χ4n) is 1.42. The molecule has 0 aliphatic carbocycles. The first-order valence-electron chi connectivity index (χ1n) is 5.77. The van der Waals surface area contributed by atoms with Crippen molar-refractivity contribution < 1.29 is 13.2 Å². The molecule has 19 heavy (non-hydrogen) atoms. The molecular weight excluding hydrogens is 288 g/mol. The zero-order valence-electron chi connectivity index (χ0n) is 11.3. The number of nitrogens with one attached hydrogen (secondary N) is 1. The number of ether oxygens (including phenoxy) is 1. The Kier molecular flexibility index (Phi) is 6.06. The van der Waals surface area contributed by atoms with Crippen LogP contribution in [0.15, 0.2) is 29.2 Å². The molecule has 0 bridgehead atoms. The van der Waals surface area contributed by atoms with Gasteiger partial charge in [-0.1, -0.05) is 0 Å². The number of hydrogen-bond acceptors (Lipinski definition) is 4. The van der Waals surface area contributed by atoms with E-state index < -0.39 is 10.0 Å². The molecule has 0 amide bonds. The summed E-state index contributed by atoms with van der Waals surface area (Å²) in [7, 11) is 1.23. The van der Waals surface area contributed by atoms with Gasteiger partial charge in [-0.05, 0) is 24.3 Å². The third-order valence-electron chi connectivity index (χ3n) is 2.51. The van der Waals surface area contributed by atoms with Crippen molar-refractivity contribution >= 4 is 27.3 Å². The van der Waals surface area contributed by atoms with Gasteiger partial charge in [-0.25, -0.2) is 12.7 Å². The molecule has 0 saturated heterocycles. The summed E-state index contributed by atoms with van der Waals surface area (Å²) in [6, 6.07) is 6.56. The molecule has 1 aromatic carbocycles. The van der Waals surface area contributed by atoms with E-state index in [0.717, 1.165) is 5.69 Å². The number of anilines is 1. The summed E-state index contributed by atoms with van der Waals surface area (Å²) in [4.78, 5) is 0.266. The summed E-state index contributed by atoms with van der Waals surface area (Å²) in [6.45, 7) is 1.01. The summed E-state index contributed by atoms with van der Waals surface area (Å²) in [5.74, 6) is 0. The van der Waals surface area contributed by atoms with Crippen LogP contribution in [0.25, 0.3) is 0 Å². The van der Waals surface area contributed by atoms with Gasteiger partial charge in [-0.15, -0.1) is 11.6 Å². The van der Waals surface area contributed by atoms with E-state index in [-0.39, 0.29) is 10.3 Å². The molecule has 0 aromatic heterocycles. The summed E-state index contributed by atoms with van der Waals surface area (Å²) < 4.78 is 29.8. The number of rotatable bonds is 7. The van der Waals surface area contributed by atoms with Crippen molar-refractivity contribution in [1.82, 2.24) is 4.31 Å². The topological polar surface area (TPSA) is 58.6 Å². The van der Waals surface area contributed by atoms with E-state index in [1.165, 1.54) is 18.4 Å². The van der Waals surface area contributed by atoms with Gasteiger partial charge in [0.25, 0.3) is 0 Å². The fourth-order valence-corrected chi connectivity index (χ4v) is 2.53. The van der Waals surface area contributed by atoms with Crippen LogP contribution < -0.4 is 5.32 Å². The molecule has 1 atom stereocenters. The van der Waals surface area contributed by atoms with E-state index in [1.54, 1.807) is 31.4 Å². The van der Waals surface area contributed by atoms with Gasteiger partial charge in [0.1, 0.15) is 0 Å². The van der Waals surface area contributed by atoms with Crippen molar-refractivity contribution in [3.63, 3.8) is 0 Å². The molecule has 108 valence electrons. The maximum absolute atomic E-state index is 11.9. The number of methoxy groups -OCH3 is 1. The lowest BCUT2D eigenvalue weighted by Crippen LogP contribution is -2.22. The number of nitrogens with zero attached hydrogens (tertiary/aromatic N) is 1. The molecule has 1 aromatic rings. The van der Waals surface area contributed by atoms with Crippen molar-refractivity contribution in [1.29, 1.82) is 0 Å². The van der Waals surface area contributed by atoms with Gasteiger partial charge in [0.05, 0.1) is 16.9 Å². The molecule has 0 radical (unpaired) electrons. The van der Waals surface area contributed by atoms with Gasteiger partial charge in [-0.2, -0.15) is 0 Å². The molecule has 0 spiro atoms. The lowest BCUT2D eigenvalue weighted by molar-refractivity contribution is 0.200. The number of halogens is 1. The van der Waals surface area contributed by atoms with Gasteiger partial charge in [0, 0.05) is 33.4 Å². The van der Waals surface area contributed by atoms with E-state index in [9.17, 15) is 8.42 Å². The molecule has 0 aliphatic rings. The first-order valence-corrected chi connectivity index (χ1v) is 7.65. The molecule has 0 heterocycles. The zero-order valence-corrected chi connectivity index (χ0v) is 12.8. The van der Waals surface area contributed by atoms with Crippen molar-refractivity contribution in [3.8, 4) is 0 Å². The standard InChI is InChI=1S/C12H19ClN2O3S/c1-15(2)19(16,17)12-6-4-11(5-7-12)14-8-10(13)9-18-3/h4-7,10,14H,8-9H2,1-3H3. The minimum atomic E-state index is -3.37. The minimum Gasteiger partial charge on any atom is -0.383 e. The van der Waals surface area contributed by atoms with E-state index in [1.807, 2.05) is 0 Å². The Morgan fingerprint density at radius 1 is 1.32 bits per heavy atom. The predicted molar refractivity (Wildman–Crippen MR) is 77.3 cm³/mol. The van der Waals surface area contributed by atoms with E-state index in [2.05, 4.69) is 5.32 Å². The molecule has 7 heteroatoms. The molecule has 0 saturated carbocycles. The first kappa shape index (κ1) is 16.2. The third-order valence-corrected chi connectivity index (χ3v) is 4.62. The fraction of sp³-hybridized carbons (Fsp3) is 0.500. The maximum atomic E-state index is 11.9. The number of alkyl halides is 1. The Morgan fingerprint density at radius 3 is 2.37 bits per heavy atom. The molecule has 1 unspecified atom stereocenters. The summed E-state index contributed by atoms with van der Waals surface area (Å²) in [5, 5.41) is 2.99. The van der Waals surface area contributed by atoms with E-state index >= 15 is 0 Å². The van der Waals surface area contributed by atoms with E-state index in [0.29, 0.717) is 13.2 Å². The van der Waals surface area contributed by atoms with Gasteiger partial charge in [-0.3, -0.25) is 0 Å². The van der Waals surface area contributed by atoms with Crippen LogP contribution in [-0.4, -0.2) is 52.5 Å². The smallest absolute Gasteiger partial charge is 0.242 e. The Bertz CT molecular complexity index is 488. The molecule has 0 fully saturated rings. The van der Waals surface area contributed by atoms with Crippen LogP contribution in [0.5, 0.6) is 0 Å². The van der Waals surface area contributed by atoms with Gasteiger partial charge < -0.3 is 10.1 Å². The van der Waals surface area contributed by atoms with Crippen molar-refractivity contribution in [2.45, 2.75) is 10.3 Å². The maximum Gasteiger partial charge on any atom is 0.242 e. The number of sulfonamides is 1. The number of benzene rings is 1. The Labute approximate surface area is 119 Å². The summed E-state index contributed by atoms with van der Waals surface area (Å²) in [5.41, 5.74) is 0.819. The monoisotopic (exact) mass is 306 g/mol. The average Bonchev–Trinajstić information content (AvgIpc) is 2.37. The lowest BCUT2D eigenvalue weighted by atomic mass is 10.3. The van der Waals surface area contributed by atoms with E-state index in [4.69, 9.17) is 16.3 Å². The number of hydrogen-bond donors (Lipinski definition) is 1. The highest BCUT2D eigenvalue weighted by Crippen LogP contribution is 2.16.